The standard InChI is InChI=1S/C22H19N3O4S3/c1-29-16-10-6-5-9-15(16)25-20(28)18-19(23-21(25)31-13-17(26)27)24(22(30)32-18)12-11-14-7-3-2-4-8-14/h2-10H,11-13H2,1H3,(H,26,27). The largest absolute Gasteiger partial charge is 0.495 e. The van der Waals surface area contributed by atoms with Crippen molar-refractivity contribution in [3.05, 3.63) is 74.5 Å². The number of carboxylic acids is 1. The first-order valence-corrected chi connectivity index (χ1v) is 11.9. The highest BCUT2D eigenvalue weighted by Crippen LogP contribution is 2.29. The molecule has 0 amide bonds. The van der Waals surface area contributed by atoms with E-state index in [1.807, 2.05) is 34.9 Å². The van der Waals surface area contributed by atoms with E-state index in [1.54, 1.807) is 24.3 Å². The van der Waals surface area contributed by atoms with Gasteiger partial charge in [0, 0.05) is 6.54 Å². The number of aryl methyl sites for hydroxylation is 2. The second-order valence-corrected chi connectivity index (χ2v) is 9.38. The fourth-order valence-electron chi connectivity index (χ4n) is 3.31. The smallest absolute Gasteiger partial charge is 0.313 e. The molecule has 32 heavy (non-hydrogen) atoms. The predicted molar refractivity (Wildman–Crippen MR) is 129 cm³/mol. The van der Waals surface area contributed by atoms with E-state index in [4.69, 9.17) is 21.9 Å². The molecule has 0 bridgehead atoms. The Labute approximate surface area is 196 Å². The Kier molecular flexibility index (Phi) is 6.73. The van der Waals surface area contributed by atoms with Crippen LogP contribution in [0.5, 0.6) is 5.75 Å². The van der Waals surface area contributed by atoms with Crippen molar-refractivity contribution in [1.29, 1.82) is 0 Å². The third-order valence-electron chi connectivity index (χ3n) is 4.78. The molecule has 0 radical (unpaired) electrons. The summed E-state index contributed by atoms with van der Waals surface area (Å²) >= 11 is 7.75. The molecule has 2 heterocycles. The molecular formula is C22H19N3O4S3. The van der Waals surface area contributed by atoms with Crippen LogP contribution in [0, 0.1) is 3.95 Å². The van der Waals surface area contributed by atoms with E-state index in [0.29, 0.717) is 32.3 Å². The van der Waals surface area contributed by atoms with Gasteiger partial charge in [0.15, 0.2) is 14.8 Å². The van der Waals surface area contributed by atoms with Gasteiger partial charge < -0.3 is 14.4 Å². The summed E-state index contributed by atoms with van der Waals surface area (Å²) in [5.41, 5.74) is 1.82. The van der Waals surface area contributed by atoms with Crippen LogP contribution in [0.15, 0.2) is 64.5 Å². The Morgan fingerprint density at radius 1 is 1.19 bits per heavy atom. The van der Waals surface area contributed by atoms with Gasteiger partial charge in [0.25, 0.3) is 5.56 Å². The second kappa shape index (κ2) is 9.68. The first-order chi connectivity index (χ1) is 15.5. The summed E-state index contributed by atoms with van der Waals surface area (Å²) in [5.74, 6) is -0.746. The van der Waals surface area contributed by atoms with Crippen LogP contribution in [-0.2, 0) is 17.8 Å². The molecule has 4 aromatic rings. The van der Waals surface area contributed by atoms with Crippen LogP contribution >= 0.6 is 35.3 Å². The molecule has 0 saturated heterocycles. The number of thioether (sulfide) groups is 1. The highest BCUT2D eigenvalue weighted by molar-refractivity contribution is 7.99. The van der Waals surface area contributed by atoms with Gasteiger partial charge in [-0.2, -0.15) is 0 Å². The molecule has 2 aromatic carbocycles. The maximum atomic E-state index is 13.6. The molecular weight excluding hydrogens is 466 g/mol. The molecule has 1 N–H and O–H groups in total. The number of aliphatic carboxylic acids is 1. The van der Waals surface area contributed by atoms with E-state index in [9.17, 15) is 14.7 Å². The molecule has 2 aromatic heterocycles. The Balaban J connectivity index is 1.88. The average Bonchev–Trinajstić information content (AvgIpc) is 3.12. The number of thiazole rings is 1. The van der Waals surface area contributed by atoms with E-state index in [2.05, 4.69) is 0 Å². The number of methoxy groups -OCH3 is 1. The van der Waals surface area contributed by atoms with Crippen LogP contribution in [-0.4, -0.2) is 38.1 Å². The summed E-state index contributed by atoms with van der Waals surface area (Å²) in [6, 6.07) is 17.1. The average molecular weight is 486 g/mol. The minimum absolute atomic E-state index is 0.234. The van der Waals surface area contributed by atoms with Gasteiger partial charge in [-0.05, 0) is 36.3 Å². The number of para-hydroxylation sites is 2. The third kappa shape index (κ3) is 4.47. The quantitative estimate of drug-likeness (QED) is 0.225. The number of hydrogen-bond donors (Lipinski definition) is 1. The summed E-state index contributed by atoms with van der Waals surface area (Å²) in [6.07, 6.45) is 0.732. The number of carbonyl (C=O) groups is 1. The summed E-state index contributed by atoms with van der Waals surface area (Å²) < 4.78 is 9.65. The lowest BCUT2D eigenvalue weighted by Crippen LogP contribution is -2.22. The first kappa shape index (κ1) is 22.3. The Morgan fingerprint density at radius 2 is 1.91 bits per heavy atom. The van der Waals surface area contributed by atoms with Crippen LogP contribution in [0.25, 0.3) is 16.0 Å². The molecule has 0 saturated carbocycles. The maximum absolute atomic E-state index is 13.6. The van der Waals surface area contributed by atoms with E-state index < -0.39 is 5.97 Å². The lowest BCUT2D eigenvalue weighted by atomic mass is 10.1. The highest BCUT2D eigenvalue weighted by atomic mass is 32.2. The number of rotatable bonds is 8. The number of benzene rings is 2. The predicted octanol–water partition coefficient (Wildman–Crippen LogP) is 4.41. The zero-order valence-electron chi connectivity index (χ0n) is 17.1. The Bertz CT molecular complexity index is 1390. The zero-order chi connectivity index (χ0) is 22.7. The van der Waals surface area contributed by atoms with Gasteiger partial charge in [0.05, 0.1) is 18.6 Å². The monoisotopic (exact) mass is 485 g/mol. The van der Waals surface area contributed by atoms with Crippen LogP contribution < -0.4 is 10.3 Å². The van der Waals surface area contributed by atoms with E-state index in [1.165, 1.54) is 23.0 Å². The number of carboxylic acid groups (broad SMARTS) is 1. The summed E-state index contributed by atoms with van der Waals surface area (Å²) in [5, 5.41) is 9.48. The number of aromatic nitrogens is 3. The van der Waals surface area contributed by atoms with Gasteiger partial charge >= 0.3 is 5.97 Å². The molecule has 7 nitrogen and oxygen atoms in total. The SMILES string of the molecule is COc1ccccc1-n1c(SCC(=O)O)nc2c(sc(=S)n2CCc2ccccc2)c1=O. The van der Waals surface area contributed by atoms with Crippen molar-refractivity contribution in [1.82, 2.24) is 14.1 Å². The van der Waals surface area contributed by atoms with E-state index >= 15 is 0 Å². The van der Waals surface area contributed by atoms with Crippen LogP contribution in [0.3, 0.4) is 0 Å². The zero-order valence-corrected chi connectivity index (χ0v) is 19.5. The molecule has 0 aliphatic rings. The minimum atomic E-state index is -0.998. The Hall–Kier alpha value is -2.95. The van der Waals surface area contributed by atoms with Crippen LogP contribution in [0.2, 0.25) is 0 Å². The lowest BCUT2D eigenvalue weighted by Gasteiger charge is -2.15. The molecule has 0 atom stereocenters. The molecule has 164 valence electrons. The van der Waals surface area contributed by atoms with Gasteiger partial charge in [0.1, 0.15) is 10.4 Å². The summed E-state index contributed by atoms with van der Waals surface area (Å²) in [7, 11) is 1.52. The van der Waals surface area contributed by atoms with Crippen molar-refractivity contribution in [3.8, 4) is 11.4 Å². The van der Waals surface area contributed by atoms with Crippen LogP contribution in [0.1, 0.15) is 5.56 Å². The Morgan fingerprint density at radius 3 is 2.62 bits per heavy atom. The van der Waals surface area contributed by atoms with Gasteiger partial charge in [-0.3, -0.25) is 14.2 Å². The number of hydrogen-bond acceptors (Lipinski definition) is 7. The molecule has 0 fully saturated rings. The van der Waals surface area contributed by atoms with Crippen molar-refractivity contribution in [2.24, 2.45) is 0 Å². The second-order valence-electron chi connectivity index (χ2n) is 6.80. The topological polar surface area (TPSA) is 86.3 Å². The number of nitrogens with zero attached hydrogens (tertiary/aromatic N) is 3. The van der Waals surface area contributed by atoms with Gasteiger partial charge in [0.2, 0.25) is 0 Å². The lowest BCUT2D eigenvalue weighted by molar-refractivity contribution is -0.133. The fourth-order valence-corrected chi connectivity index (χ4v) is 5.34. The molecule has 0 unspecified atom stereocenters. The van der Waals surface area contributed by atoms with Crippen molar-refractivity contribution >= 4 is 51.6 Å². The van der Waals surface area contributed by atoms with Crippen molar-refractivity contribution < 1.29 is 14.6 Å². The van der Waals surface area contributed by atoms with E-state index in [-0.39, 0.29) is 16.5 Å². The maximum Gasteiger partial charge on any atom is 0.313 e. The summed E-state index contributed by atoms with van der Waals surface area (Å²) in [4.78, 5) is 29.5. The molecule has 0 aliphatic carbocycles. The molecule has 4 rings (SSSR count). The van der Waals surface area contributed by atoms with Crippen LogP contribution in [0.4, 0.5) is 0 Å². The number of ether oxygens (including phenoxy) is 1. The highest BCUT2D eigenvalue weighted by Gasteiger charge is 2.20. The normalized spacial score (nSPS) is 11.0. The molecule has 0 aliphatic heterocycles. The van der Waals surface area contributed by atoms with Gasteiger partial charge in [-0.15, -0.1) is 0 Å². The van der Waals surface area contributed by atoms with Crippen molar-refractivity contribution in [2.75, 3.05) is 12.9 Å². The number of fused-ring (bicyclic) bond motifs is 1. The van der Waals surface area contributed by atoms with Crippen molar-refractivity contribution in [3.63, 3.8) is 0 Å². The molecule has 0 spiro atoms. The summed E-state index contributed by atoms with van der Waals surface area (Å²) in [6.45, 7) is 0.566. The molecule has 10 heteroatoms. The first-order valence-electron chi connectivity index (χ1n) is 9.68. The van der Waals surface area contributed by atoms with Gasteiger partial charge in [-0.1, -0.05) is 65.6 Å². The fraction of sp³-hybridized carbons (Fsp3) is 0.182. The van der Waals surface area contributed by atoms with Gasteiger partial charge in [-0.25, -0.2) is 4.98 Å². The van der Waals surface area contributed by atoms with Crippen molar-refractivity contribution in [2.45, 2.75) is 18.1 Å². The van der Waals surface area contributed by atoms with E-state index in [0.717, 1.165) is 23.7 Å². The third-order valence-corrected chi connectivity index (χ3v) is 7.13. The minimum Gasteiger partial charge on any atom is -0.495 e.